The van der Waals surface area contributed by atoms with E-state index in [1.54, 1.807) is 55.6 Å². The molecule has 2 heterocycles. The van der Waals surface area contributed by atoms with Gasteiger partial charge in [-0.1, -0.05) is 6.07 Å². The zero-order chi connectivity index (χ0) is 26.4. The summed E-state index contributed by atoms with van der Waals surface area (Å²) in [6.45, 7) is 2.64. The van der Waals surface area contributed by atoms with Crippen molar-refractivity contribution in [1.29, 1.82) is 5.41 Å². The van der Waals surface area contributed by atoms with Crippen LogP contribution in [0.25, 0.3) is 11.0 Å². The summed E-state index contributed by atoms with van der Waals surface area (Å²) in [6.07, 6.45) is 1.67. The molecule has 10 nitrogen and oxygen atoms in total. The van der Waals surface area contributed by atoms with E-state index >= 15 is 0 Å². The molecule has 0 fully saturated rings. The number of ether oxygens (including phenoxy) is 1. The minimum atomic E-state index is -0.371. The number of nitrogens with zero attached hydrogens (tertiary/aromatic N) is 4. The molecule has 0 radical (unpaired) electrons. The number of nitrogen functional groups attached to an aromatic ring is 1. The van der Waals surface area contributed by atoms with Crippen LogP contribution in [-0.2, 0) is 23.1 Å². The molecule has 2 aromatic heterocycles. The number of hydrogen-bond acceptors (Lipinski definition) is 7. The van der Waals surface area contributed by atoms with Crippen molar-refractivity contribution in [2.75, 3.05) is 23.4 Å². The van der Waals surface area contributed by atoms with Gasteiger partial charge in [0.2, 0.25) is 0 Å². The Morgan fingerprint density at radius 2 is 1.86 bits per heavy atom. The fourth-order valence-corrected chi connectivity index (χ4v) is 3.92. The van der Waals surface area contributed by atoms with Crippen molar-refractivity contribution < 1.29 is 14.3 Å². The van der Waals surface area contributed by atoms with Gasteiger partial charge in [-0.3, -0.25) is 19.9 Å². The average Bonchev–Trinajstić information content (AvgIpc) is 3.23. The Kier molecular flexibility index (Phi) is 7.77. The van der Waals surface area contributed by atoms with Gasteiger partial charge < -0.3 is 20.4 Å². The molecule has 0 aliphatic carbocycles. The number of nitrogens with one attached hydrogen (secondary N) is 2. The molecule has 4 N–H and O–H groups in total. The number of aryl methyl sites for hydroxylation is 1. The first-order valence-electron chi connectivity index (χ1n) is 11.9. The predicted octanol–water partition coefficient (Wildman–Crippen LogP) is 3.46. The number of benzene rings is 2. The molecule has 0 spiro atoms. The van der Waals surface area contributed by atoms with Crippen LogP contribution in [-0.4, -0.2) is 45.4 Å². The Bertz CT molecular complexity index is 1420. The van der Waals surface area contributed by atoms with Crippen LogP contribution in [0.5, 0.6) is 0 Å². The van der Waals surface area contributed by atoms with Crippen molar-refractivity contribution in [2.45, 2.75) is 19.9 Å². The smallest absolute Gasteiger partial charge is 0.307 e. The zero-order valence-electron chi connectivity index (χ0n) is 20.8. The summed E-state index contributed by atoms with van der Waals surface area (Å²) in [7, 11) is 1.92. The maximum atomic E-state index is 13.5. The third kappa shape index (κ3) is 5.92. The number of imidazole rings is 1. The molecule has 37 heavy (non-hydrogen) atoms. The van der Waals surface area contributed by atoms with E-state index in [1.165, 1.54) is 4.90 Å². The summed E-state index contributed by atoms with van der Waals surface area (Å²) in [5.74, 6) is 0.623. The number of fused-ring (bicyclic) bond motifs is 1. The van der Waals surface area contributed by atoms with Crippen molar-refractivity contribution in [3.63, 3.8) is 0 Å². The van der Waals surface area contributed by atoms with E-state index in [9.17, 15) is 9.59 Å². The first kappa shape index (κ1) is 25.4. The number of amidine groups is 1. The summed E-state index contributed by atoms with van der Waals surface area (Å²) in [6, 6.07) is 18.0. The van der Waals surface area contributed by atoms with Crippen molar-refractivity contribution >= 4 is 40.3 Å². The molecule has 0 unspecified atom stereocenters. The zero-order valence-corrected chi connectivity index (χ0v) is 20.8. The van der Waals surface area contributed by atoms with Crippen LogP contribution in [0.3, 0.4) is 0 Å². The maximum Gasteiger partial charge on any atom is 0.307 e. The minimum Gasteiger partial charge on any atom is -0.466 e. The normalized spacial score (nSPS) is 10.8. The summed E-state index contributed by atoms with van der Waals surface area (Å²) in [5.41, 5.74) is 9.07. The van der Waals surface area contributed by atoms with Gasteiger partial charge in [0.05, 0.1) is 30.6 Å². The Morgan fingerprint density at radius 3 is 2.54 bits per heavy atom. The molecular formula is C27H29N7O3. The monoisotopic (exact) mass is 505 g/mol. The number of hydrogen-bond donors (Lipinski definition) is 3. The van der Waals surface area contributed by atoms with E-state index in [0.717, 1.165) is 17.0 Å². The maximum absolute atomic E-state index is 13.5. The molecule has 0 saturated heterocycles. The second-order valence-electron chi connectivity index (χ2n) is 8.33. The first-order valence-corrected chi connectivity index (χ1v) is 11.9. The number of amides is 1. The second-order valence-corrected chi connectivity index (χ2v) is 8.33. The van der Waals surface area contributed by atoms with E-state index in [0.29, 0.717) is 29.0 Å². The minimum absolute atomic E-state index is 0.0229. The molecular weight excluding hydrogens is 476 g/mol. The standard InChI is InChI=1S/C27H29N7O3/c1-3-37-25(35)13-15-34(23-6-4-5-14-30-23)27(36)19-9-12-22-21(16-19)32-24(33(22)2)17-31-20-10-7-18(8-11-20)26(28)29/h4-12,14,16,31H,3,13,15,17H2,1-2H3,(H3,28,29)/i7+1,8+1,10+1,11+1,18+1,20+1. The second kappa shape index (κ2) is 11.3. The predicted molar refractivity (Wildman–Crippen MR) is 143 cm³/mol. The van der Waals surface area contributed by atoms with Gasteiger partial charge in [0.25, 0.3) is 5.91 Å². The van der Waals surface area contributed by atoms with E-state index in [2.05, 4.69) is 10.3 Å². The van der Waals surface area contributed by atoms with E-state index in [-0.39, 0.29) is 37.3 Å². The molecule has 1 amide bonds. The lowest BCUT2D eigenvalue weighted by molar-refractivity contribution is -0.142. The fraction of sp³-hybridized carbons (Fsp3) is 0.222. The highest BCUT2D eigenvalue weighted by atomic mass is 16.5. The third-order valence-corrected chi connectivity index (χ3v) is 5.88. The van der Waals surface area contributed by atoms with Crippen LogP contribution in [0.4, 0.5) is 11.5 Å². The van der Waals surface area contributed by atoms with Crippen LogP contribution in [0, 0.1) is 5.41 Å². The van der Waals surface area contributed by atoms with Gasteiger partial charge in [-0.2, -0.15) is 0 Å². The quantitative estimate of drug-likeness (QED) is 0.170. The molecule has 4 rings (SSSR count). The topological polar surface area (TPSA) is 139 Å². The van der Waals surface area contributed by atoms with Crippen LogP contribution >= 0.6 is 0 Å². The SMILES string of the molecule is CCOC(=O)CCN(C(=O)c1ccc2c(c1)nc(CN[13c]1[13cH][13cH][13c](C(=N)N)[13cH][13cH]1)n2C)c1ccccn1. The van der Waals surface area contributed by atoms with Crippen LogP contribution in [0.1, 0.15) is 35.1 Å². The number of carbonyl (C=O) groups is 2. The molecule has 0 aliphatic heterocycles. The van der Waals surface area contributed by atoms with Gasteiger partial charge >= 0.3 is 5.97 Å². The number of esters is 1. The number of carbonyl (C=O) groups excluding carboxylic acids is 2. The van der Waals surface area contributed by atoms with Crippen LogP contribution in [0.15, 0.2) is 66.9 Å². The highest BCUT2D eigenvalue weighted by Gasteiger charge is 2.21. The number of anilines is 2. The van der Waals surface area contributed by atoms with Gasteiger partial charge in [-0.25, -0.2) is 9.97 Å². The van der Waals surface area contributed by atoms with Gasteiger partial charge in [-0.05, 0) is 61.5 Å². The summed E-state index contributed by atoms with van der Waals surface area (Å²) in [4.78, 5) is 36.0. The van der Waals surface area contributed by atoms with Crippen molar-refractivity contribution in [2.24, 2.45) is 12.8 Å². The Balaban J connectivity index is 1.54. The highest BCUT2D eigenvalue weighted by molar-refractivity contribution is 6.07. The molecule has 2 aromatic carbocycles. The summed E-state index contributed by atoms with van der Waals surface area (Å²) >= 11 is 0. The molecule has 4 aromatic rings. The van der Waals surface area contributed by atoms with Gasteiger partial charge in [0.1, 0.15) is 17.5 Å². The van der Waals surface area contributed by atoms with Gasteiger partial charge in [0, 0.05) is 36.6 Å². The lowest BCUT2D eigenvalue weighted by Gasteiger charge is -2.21. The number of aromatic nitrogens is 3. The van der Waals surface area contributed by atoms with Crippen molar-refractivity contribution in [1.82, 2.24) is 14.5 Å². The number of rotatable bonds is 10. The van der Waals surface area contributed by atoms with Gasteiger partial charge in [-0.15, -0.1) is 0 Å². The van der Waals surface area contributed by atoms with Crippen LogP contribution in [0.2, 0.25) is 0 Å². The lowest BCUT2D eigenvalue weighted by atomic mass is 10.1. The molecule has 0 aliphatic rings. The summed E-state index contributed by atoms with van der Waals surface area (Å²) < 4.78 is 7.00. The van der Waals surface area contributed by atoms with Crippen molar-refractivity contribution in [3.05, 3.63) is 83.8 Å². The van der Waals surface area contributed by atoms with Crippen LogP contribution < -0.4 is 16.0 Å². The van der Waals surface area contributed by atoms with E-state index in [1.807, 2.05) is 29.8 Å². The molecule has 10 heteroatoms. The summed E-state index contributed by atoms with van der Waals surface area (Å²) in [5, 5.41) is 10.8. The first-order chi connectivity index (χ1) is 17.9. The number of pyridine rings is 1. The highest BCUT2D eigenvalue weighted by Crippen LogP contribution is 2.21. The lowest BCUT2D eigenvalue weighted by Crippen LogP contribution is -2.34. The molecule has 190 valence electrons. The van der Waals surface area contributed by atoms with Crippen molar-refractivity contribution in [3.8, 4) is 0 Å². The fourth-order valence-electron chi connectivity index (χ4n) is 3.92. The molecule has 0 atom stereocenters. The molecule has 0 bridgehead atoms. The average molecular weight is 506 g/mol. The van der Waals surface area contributed by atoms with E-state index < -0.39 is 0 Å². The Labute approximate surface area is 214 Å². The molecule has 0 saturated carbocycles. The Hall–Kier alpha value is -4.73. The van der Waals surface area contributed by atoms with Gasteiger partial charge in [0.15, 0.2) is 0 Å². The third-order valence-electron chi connectivity index (χ3n) is 5.88. The largest absolute Gasteiger partial charge is 0.466 e. The van der Waals surface area contributed by atoms with E-state index in [4.69, 9.17) is 20.9 Å². The number of nitrogens with two attached hydrogens (primary N) is 1. The Morgan fingerprint density at radius 1 is 1.11 bits per heavy atom.